The van der Waals surface area contributed by atoms with Gasteiger partial charge < -0.3 is 15.8 Å². The average molecular weight is 227 g/mol. The number of nitrogens with two attached hydrogens (primary N) is 1. The van der Waals surface area contributed by atoms with Crippen molar-refractivity contribution in [3.63, 3.8) is 0 Å². The highest BCUT2D eigenvalue weighted by atomic mass is 16.5. The van der Waals surface area contributed by atoms with E-state index >= 15 is 0 Å². The molecule has 16 heavy (non-hydrogen) atoms. The second-order valence-electron chi connectivity index (χ2n) is 5.86. The van der Waals surface area contributed by atoms with Gasteiger partial charge in [-0.25, -0.2) is 4.99 Å². The maximum Gasteiger partial charge on any atom is 0.189 e. The molecular formula is C12H25N3O. The summed E-state index contributed by atoms with van der Waals surface area (Å²) in [6.07, 6.45) is 0. The van der Waals surface area contributed by atoms with Gasteiger partial charge in [0.1, 0.15) is 0 Å². The molecule has 1 atom stereocenters. The van der Waals surface area contributed by atoms with Crippen LogP contribution in [0.15, 0.2) is 4.99 Å². The van der Waals surface area contributed by atoms with E-state index in [9.17, 15) is 0 Å². The minimum atomic E-state index is 0.193. The molecule has 0 aromatic carbocycles. The first-order valence-corrected chi connectivity index (χ1v) is 5.82. The normalized spacial score (nSPS) is 25.2. The molecule has 0 radical (unpaired) electrons. The smallest absolute Gasteiger partial charge is 0.189 e. The van der Waals surface area contributed by atoms with Crippen molar-refractivity contribution in [2.45, 2.75) is 46.7 Å². The minimum Gasteiger partial charge on any atom is -0.383 e. The van der Waals surface area contributed by atoms with E-state index < -0.39 is 0 Å². The Labute approximate surface area is 98.6 Å². The Morgan fingerprint density at radius 2 is 1.88 bits per heavy atom. The Kier molecular flexibility index (Phi) is 3.53. The maximum atomic E-state index is 5.87. The largest absolute Gasteiger partial charge is 0.383 e. The summed E-state index contributed by atoms with van der Waals surface area (Å²) in [5, 5.41) is 3.13. The first-order chi connectivity index (χ1) is 7.23. The Morgan fingerprint density at radius 1 is 1.38 bits per heavy atom. The van der Waals surface area contributed by atoms with E-state index in [-0.39, 0.29) is 16.9 Å². The Bertz CT molecular complexity index is 270. The van der Waals surface area contributed by atoms with Crippen molar-refractivity contribution in [2.75, 3.05) is 13.7 Å². The topological polar surface area (TPSA) is 59.6 Å². The third kappa shape index (κ3) is 2.32. The van der Waals surface area contributed by atoms with Gasteiger partial charge in [-0.1, -0.05) is 27.7 Å². The fourth-order valence-electron chi connectivity index (χ4n) is 2.20. The van der Waals surface area contributed by atoms with Crippen molar-refractivity contribution < 1.29 is 4.74 Å². The summed E-state index contributed by atoms with van der Waals surface area (Å²) in [4.78, 5) is 4.54. The lowest BCUT2D eigenvalue weighted by molar-refractivity contribution is 0.179. The van der Waals surface area contributed by atoms with Crippen molar-refractivity contribution in [3.8, 4) is 0 Å². The SMILES string of the molecule is COCC(C)NC(N)=NC1C(C)(C)C1(C)C. The zero-order valence-electron chi connectivity index (χ0n) is 11.3. The van der Waals surface area contributed by atoms with Gasteiger partial charge in [0.15, 0.2) is 5.96 Å². The van der Waals surface area contributed by atoms with Gasteiger partial charge in [0.25, 0.3) is 0 Å². The Balaban J connectivity index is 2.53. The van der Waals surface area contributed by atoms with Gasteiger partial charge >= 0.3 is 0 Å². The highest BCUT2D eigenvalue weighted by molar-refractivity contribution is 5.78. The standard InChI is InChI=1S/C12H25N3O/c1-8(7-16-6)14-10(13)15-9-11(2,3)12(9,4)5/h8-9H,7H2,1-6H3,(H3,13,14,15). The fourth-order valence-corrected chi connectivity index (χ4v) is 2.20. The van der Waals surface area contributed by atoms with Gasteiger partial charge in [-0.05, 0) is 17.8 Å². The molecule has 3 N–H and O–H groups in total. The number of methoxy groups -OCH3 is 1. The number of rotatable bonds is 4. The highest BCUT2D eigenvalue weighted by Gasteiger charge is 2.65. The van der Waals surface area contributed by atoms with Gasteiger partial charge in [0, 0.05) is 13.2 Å². The number of ether oxygens (including phenoxy) is 1. The quantitative estimate of drug-likeness (QED) is 0.563. The molecule has 1 aliphatic carbocycles. The summed E-state index contributed by atoms with van der Waals surface area (Å²) in [5.41, 5.74) is 6.35. The van der Waals surface area contributed by atoms with Crippen LogP contribution in [0.25, 0.3) is 0 Å². The first kappa shape index (κ1) is 13.3. The van der Waals surface area contributed by atoms with E-state index in [4.69, 9.17) is 10.5 Å². The molecule has 0 amide bonds. The zero-order chi connectivity index (χ0) is 12.6. The van der Waals surface area contributed by atoms with Crippen LogP contribution in [-0.4, -0.2) is 31.8 Å². The van der Waals surface area contributed by atoms with E-state index in [1.54, 1.807) is 7.11 Å². The van der Waals surface area contributed by atoms with Gasteiger partial charge in [-0.15, -0.1) is 0 Å². The second-order valence-corrected chi connectivity index (χ2v) is 5.86. The van der Waals surface area contributed by atoms with Crippen LogP contribution < -0.4 is 11.1 Å². The van der Waals surface area contributed by atoms with Crippen molar-refractivity contribution in [1.82, 2.24) is 5.32 Å². The number of hydrogen-bond acceptors (Lipinski definition) is 2. The summed E-state index contributed by atoms with van der Waals surface area (Å²) >= 11 is 0. The van der Waals surface area contributed by atoms with Gasteiger partial charge in [-0.2, -0.15) is 0 Å². The average Bonchev–Trinajstić information content (AvgIpc) is 2.48. The van der Waals surface area contributed by atoms with E-state index in [1.807, 2.05) is 6.92 Å². The van der Waals surface area contributed by atoms with Crippen LogP contribution in [0.1, 0.15) is 34.6 Å². The zero-order valence-corrected chi connectivity index (χ0v) is 11.3. The molecule has 0 aromatic heterocycles. The lowest BCUT2D eigenvalue weighted by atomic mass is 10.0. The molecule has 0 saturated heterocycles. The van der Waals surface area contributed by atoms with Crippen LogP contribution in [0.2, 0.25) is 0 Å². The molecule has 1 aliphatic rings. The molecule has 0 aromatic rings. The lowest BCUT2D eigenvalue weighted by Crippen LogP contribution is -2.41. The molecule has 0 heterocycles. The summed E-state index contributed by atoms with van der Waals surface area (Å²) in [7, 11) is 1.68. The van der Waals surface area contributed by atoms with E-state index in [2.05, 4.69) is 38.0 Å². The Hall–Kier alpha value is -0.770. The fraction of sp³-hybridized carbons (Fsp3) is 0.917. The molecule has 1 fully saturated rings. The van der Waals surface area contributed by atoms with Crippen LogP contribution in [-0.2, 0) is 4.74 Å². The van der Waals surface area contributed by atoms with Crippen LogP contribution in [0.3, 0.4) is 0 Å². The van der Waals surface area contributed by atoms with Gasteiger partial charge in [-0.3, -0.25) is 0 Å². The van der Waals surface area contributed by atoms with Crippen LogP contribution in [0, 0.1) is 10.8 Å². The molecule has 4 heteroatoms. The predicted octanol–water partition coefficient (Wildman–Crippen LogP) is 1.36. The molecule has 0 bridgehead atoms. The van der Waals surface area contributed by atoms with Crippen LogP contribution in [0.5, 0.6) is 0 Å². The molecular weight excluding hydrogens is 202 g/mol. The molecule has 94 valence electrons. The van der Waals surface area contributed by atoms with Gasteiger partial charge in [0.2, 0.25) is 0 Å². The number of aliphatic imine (C=N–C) groups is 1. The first-order valence-electron chi connectivity index (χ1n) is 5.82. The monoisotopic (exact) mass is 227 g/mol. The van der Waals surface area contributed by atoms with E-state index in [1.165, 1.54) is 0 Å². The third-order valence-electron chi connectivity index (χ3n) is 4.02. The van der Waals surface area contributed by atoms with Crippen LogP contribution >= 0.6 is 0 Å². The van der Waals surface area contributed by atoms with Crippen LogP contribution in [0.4, 0.5) is 0 Å². The summed E-state index contributed by atoms with van der Waals surface area (Å²) in [5.74, 6) is 0.521. The number of nitrogens with zero attached hydrogens (tertiary/aromatic N) is 1. The second kappa shape index (κ2) is 4.24. The highest BCUT2D eigenvalue weighted by Crippen LogP contribution is 2.64. The predicted molar refractivity (Wildman–Crippen MR) is 67.4 cm³/mol. The van der Waals surface area contributed by atoms with Crippen molar-refractivity contribution >= 4 is 5.96 Å². The summed E-state index contributed by atoms with van der Waals surface area (Å²) in [6, 6.07) is 0.501. The van der Waals surface area contributed by atoms with Crippen molar-refractivity contribution in [2.24, 2.45) is 21.6 Å². The lowest BCUT2D eigenvalue weighted by Gasteiger charge is -2.13. The number of guanidine groups is 1. The maximum absolute atomic E-state index is 5.87. The molecule has 1 rings (SSSR count). The van der Waals surface area contributed by atoms with Gasteiger partial charge in [0.05, 0.1) is 12.6 Å². The van der Waals surface area contributed by atoms with E-state index in [0.717, 1.165) is 0 Å². The molecule has 0 aliphatic heterocycles. The summed E-state index contributed by atoms with van der Waals surface area (Å²) < 4.78 is 5.03. The molecule has 4 nitrogen and oxygen atoms in total. The third-order valence-corrected chi connectivity index (χ3v) is 4.02. The molecule has 0 spiro atoms. The minimum absolute atomic E-state index is 0.193. The van der Waals surface area contributed by atoms with Crippen molar-refractivity contribution in [1.29, 1.82) is 0 Å². The van der Waals surface area contributed by atoms with Crippen molar-refractivity contribution in [3.05, 3.63) is 0 Å². The number of hydrogen-bond donors (Lipinski definition) is 2. The molecule has 1 saturated carbocycles. The Morgan fingerprint density at radius 3 is 2.25 bits per heavy atom. The van der Waals surface area contributed by atoms with E-state index in [0.29, 0.717) is 18.6 Å². The molecule has 1 unspecified atom stereocenters. The summed E-state index contributed by atoms with van der Waals surface area (Å²) in [6.45, 7) is 11.6. The number of nitrogens with one attached hydrogen (secondary N) is 1.